The van der Waals surface area contributed by atoms with Crippen LogP contribution in [0.4, 0.5) is 4.39 Å². The number of Topliss-reactive ketones (excluding diaryl/α,β-unsaturated/α-hetero) is 1. The van der Waals surface area contributed by atoms with Crippen LogP contribution >= 0.6 is 0 Å². The van der Waals surface area contributed by atoms with Gasteiger partial charge in [0.05, 0.1) is 11.7 Å². The molecule has 0 aliphatic carbocycles. The Labute approximate surface area is 141 Å². The topological polar surface area (TPSA) is 40.5 Å². The molecule has 0 saturated carbocycles. The van der Waals surface area contributed by atoms with Crippen LogP contribution < -0.4 is 0 Å². The van der Waals surface area contributed by atoms with Crippen molar-refractivity contribution in [2.45, 2.75) is 18.9 Å². The summed E-state index contributed by atoms with van der Waals surface area (Å²) < 4.78 is 13.8. The van der Waals surface area contributed by atoms with Gasteiger partial charge in [0.1, 0.15) is 5.82 Å². The number of halogens is 1. The van der Waals surface area contributed by atoms with Gasteiger partial charge in [-0.1, -0.05) is 42.5 Å². The van der Waals surface area contributed by atoms with E-state index in [2.05, 4.69) is 4.90 Å². The fraction of sp³-hybridized carbons (Fsp3) is 0.350. The predicted octanol–water partition coefficient (Wildman–Crippen LogP) is 3.45. The van der Waals surface area contributed by atoms with Crippen LogP contribution in [0.25, 0.3) is 0 Å². The minimum atomic E-state index is -0.523. The van der Waals surface area contributed by atoms with Gasteiger partial charge in [-0.2, -0.15) is 0 Å². The summed E-state index contributed by atoms with van der Waals surface area (Å²) in [6, 6.07) is 15.8. The number of carbonyl (C=O) groups is 1. The average Bonchev–Trinajstić information content (AvgIpc) is 2.63. The minimum absolute atomic E-state index is 0.101. The number of ketones is 1. The molecule has 0 radical (unpaired) electrons. The van der Waals surface area contributed by atoms with E-state index in [4.69, 9.17) is 0 Å². The maximum Gasteiger partial charge on any atom is 0.168 e. The van der Waals surface area contributed by atoms with Gasteiger partial charge in [-0.25, -0.2) is 4.39 Å². The lowest BCUT2D eigenvalue weighted by Crippen LogP contribution is -2.38. The number of aliphatic hydroxyl groups is 1. The van der Waals surface area contributed by atoms with Crippen LogP contribution in [0.15, 0.2) is 54.6 Å². The molecule has 4 heteroatoms. The van der Waals surface area contributed by atoms with Gasteiger partial charge in [0.15, 0.2) is 5.78 Å². The summed E-state index contributed by atoms with van der Waals surface area (Å²) in [5.41, 5.74) is 1.10. The van der Waals surface area contributed by atoms with E-state index >= 15 is 0 Å². The number of rotatable bonds is 5. The van der Waals surface area contributed by atoms with E-state index in [0.29, 0.717) is 19.4 Å². The van der Waals surface area contributed by atoms with E-state index in [9.17, 15) is 14.3 Å². The normalized spacial score (nSPS) is 17.6. The molecule has 3 rings (SSSR count). The highest BCUT2D eigenvalue weighted by atomic mass is 19.1. The van der Waals surface area contributed by atoms with Gasteiger partial charge in [-0.15, -0.1) is 0 Å². The zero-order valence-corrected chi connectivity index (χ0v) is 13.6. The molecule has 1 fully saturated rings. The molecule has 2 aromatic carbocycles. The van der Waals surface area contributed by atoms with Crippen molar-refractivity contribution in [2.75, 3.05) is 19.6 Å². The smallest absolute Gasteiger partial charge is 0.168 e. The number of piperidine rings is 1. The van der Waals surface area contributed by atoms with Crippen molar-refractivity contribution in [3.05, 3.63) is 71.5 Å². The van der Waals surface area contributed by atoms with Gasteiger partial charge in [-0.05, 0) is 43.6 Å². The van der Waals surface area contributed by atoms with Crippen LogP contribution in [0.1, 0.15) is 34.9 Å². The number of carbonyl (C=O) groups excluding carboxylic acids is 1. The quantitative estimate of drug-likeness (QED) is 0.855. The van der Waals surface area contributed by atoms with Gasteiger partial charge >= 0.3 is 0 Å². The zero-order chi connectivity index (χ0) is 16.9. The predicted molar refractivity (Wildman–Crippen MR) is 91.3 cm³/mol. The fourth-order valence-corrected chi connectivity index (χ4v) is 3.28. The van der Waals surface area contributed by atoms with Gasteiger partial charge < -0.3 is 10.0 Å². The summed E-state index contributed by atoms with van der Waals surface area (Å²) in [7, 11) is 0. The molecule has 2 aromatic rings. The molecule has 1 aliphatic rings. The Balaban J connectivity index is 1.54. The second-order valence-electron chi connectivity index (χ2n) is 6.35. The monoisotopic (exact) mass is 327 g/mol. The van der Waals surface area contributed by atoms with Crippen LogP contribution in [-0.2, 0) is 0 Å². The maximum atomic E-state index is 13.8. The number of likely N-dealkylation sites (tertiary alicyclic amines) is 1. The molecule has 126 valence electrons. The van der Waals surface area contributed by atoms with Crippen molar-refractivity contribution in [1.82, 2.24) is 4.90 Å². The third-order valence-corrected chi connectivity index (χ3v) is 4.71. The molecule has 1 heterocycles. The van der Waals surface area contributed by atoms with E-state index in [0.717, 1.165) is 18.7 Å². The second-order valence-corrected chi connectivity index (χ2v) is 6.35. The molecule has 1 aliphatic heterocycles. The molecule has 1 unspecified atom stereocenters. The molecular weight excluding hydrogens is 305 g/mol. The van der Waals surface area contributed by atoms with E-state index in [-0.39, 0.29) is 17.3 Å². The Morgan fingerprint density at radius 1 is 1.08 bits per heavy atom. The highest BCUT2D eigenvalue weighted by molar-refractivity contribution is 5.98. The Morgan fingerprint density at radius 3 is 2.38 bits per heavy atom. The first kappa shape index (κ1) is 16.8. The molecule has 0 aromatic heterocycles. The second kappa shape index (κ2) is 7.69. The summed E-state index contributed by atoms with van der Waals surface area (Å²) in [5.74, 6) is -0.673. The van der Waals surface area contributed by atoms with E-state index in [1.165, 1.54) is 6.07 Å². The van der Waals surface area contributed by atoms with Crippen LogP contribution in [0.3, 0.4) is 0 Å². The number of hydrogen-bond acceptors (Lipinski definition) is 3. The van der Waals surface area contributed by atoms with E-state index in [1.54, 1.807) is 18.2 Å². The van der Waals surface area contributed by atoms with Crippen molar-refractivity contribution in [3.63, 3.8) is 0 Å². The van der Waals surface area contributed by atoms with Crippen molar-refractivity contribution < 1.29 is 14.3 Å². The Morgan fingerprint density at radius 2 is 1.71 bits per heavy atom. The van der Waals surface area contributed by atoms with Crippen molar-refractivity contribution >= 4 is 5.78 Å². The lowest BCUT2D eigenvalue weighted by molar-refractivity contribution is 0.0724. The fourth-order valence-electron chi connectivity index (χ4n) is 3.28. The first-order valence-electron chi connectivity index (χ1n) is 8.39. The summed E-state index contributed by atoms with van der Waals surface area (Å²) >= 11 is 0. The zero-order valence-electron chi connectivity index (χ0n) is 13.6. The van der Waals surface area contributed by atoms with Gasteiger partial charge in [-0.3, -0.25) is 4.79 Å². The van der Waals surface area contributed by atoms with Crippen molar-refractivity contribution in [1.29, 1.82) is 0 Å². The standard InChI is InChI=1S/C20H22FNO2/c21-18-9-5-4-8-17(18)20(24)16-10-12-22(13-11-16)14-19(23)15-6-2-1-3-7-15/h1-9,16,19,23H,10-14H2. The molecular formula is C20H22FNO2. The Kier molecular flexibility index (Phi) is 5.38. The number of benzene rings is 2. The minimum Gasteiger partial charge on any atom is -0.387 e. The number of nitrogens with zero attached hydrogens (tertiary/aromatic N) is 1. The third-order valence-electron chi connectivity index (χ3n) is 4.71. The molecule has 1 saturated heterocycles. The van der Waals surface area contributed by atoms with E-state index < -0.39 is 11.9 Å². The van der Waals surface area contributed by atoms with Crippen LogP contribution in [0, 0.1) is 11.7 Å². The van der Waals surface area contributed by atoms with Crippen LogP contribution in [0.2, 0.25) is 0 Å². The van der Waals surface area contributed by atoms with Crippen LogP contribution in [-0.4, -0.2) is 35.4 Å². The molecule has 24 heavy (non-hydrogen) atoms. The first-order valence-corrected chi connectivity index (χ1v) is 8.39. The molecule has 3 nitrogen and oxygen atoms in total. The van der Waals surface area contributed by atoms with E-state index in [1.807, 2.05) is 30.3 Å². The lowest BCUT2D eigenvalue weighted by atomic mass is 9.88. The molecule has 0 spiro atoms. The van der Waals surface area contributed by atoms with Crippen LogP contribution in [0.5, 0.6) is 0 Å². The number of aliphatic hydroxyl groups excluding tert-OH is 1. The summed E-state index contributed by atoms with van der Waals surface area (Å²) in [6.07, 6.45) is 0.883. The van der Waals surface area contributed by atoms with Gasteiger partial charge in [0, 0.05) is 12.5 Å². The molecule has 0 bridgehead atoms. The summed E-state index contributed by atoms with van der Waals surface area (Å²) in [6.45, 7) is 2.05. The molecule has 0 amide bonds. The first-order chi connectivity index (χ1) is 11.6. The Hall–Kier alpha value is -2.04. The maximum absolute atomic E-state index is 13.8. The highest BCUT2D eigenvalue weighted by Gasteiger charge is 2.28. The molecule has 1 atom stereocenters. The largest absolute Gasteiger partial charge is 0.387 e. The third kappa shape index (κ3) is 3.89. The van der Waals surface area contributed by atoms with Gasteiger partial charge in [0.2, 0.25) is 0 Å². The lowest BCUT2D eigenvalue weighted by Gasteiger charge is -2.32. The van der Waals surface area contributed by atoms with Gasteiger partial charge in [0.25, 0.3) is 0 Å². The summed E-state index contributed by atoms with van der Waals surface area (Å²) in [5, 5.41) is 10.3. The number of hydrogen-bond donors (Lipinski definition) is 1. The summed E-state index contributed by atoms with van der Waals surface area (Å²) in [4.78, 5) is 14.6. The van der Waals surface area contributed by atoms with Crippen molar-refractivity contribution in [2.24, 2.45) is 5.92 Å². The number of β-amino-alcohol motifs (C(OH)–C–C–N with tert-alkyl or cyclic N) is 1. The Bertz CT molecular complexity index is 681. The molecule has 1 N–H and O–H groups in total. The SMILES string of the molecule is O=C(c1ccccc1F)C1CCN(CC(O)c2ccccc2)CC1. The highest BCUT2D eigenvalue weighted by Crippen LogP contribution is 2.24. The average molecular weight is 327 g/mol. The van der Waals surface area contributed by atoms with Crippen molar-refractivity contribution in [3.8, 4) is 0 Å².